The van der Waals surface area contributed by atoms with Crippen LogP contribution in [0.5, 0.6) is 0 Å². The zero-order valence-electron chi connectivity index (χ0n) is 16.7. The molecule has 0 bridgehead atoms. The molecule has 0 unspecified atom stereocenters. The van der Waals surface area contributed by atoms with E-state index in [9.17, 15) is 9.90 Å². The Bertz CT molecular complexity index is 833. The molecule has 2 fully saturated rings. The van der Waals surface area contributed by atoms with Crippen LogP contribution in [0, 0.1) is 5.92 Å². The highest BCUT2D eigenvalue weighted by atomic mass is 16.5. The normalized spacial score (nSPS) is 26.2. The second-order valence-corrected chi connectivity index (χ2v) is 8.63. The number of hydrogen-bond acceptors (Lipinski definition) is 5. The quantitative estimate of drug-likeness (QED) is 0.829. The van der Waals surface area contributed by atoms with Crippen LogP contribution in [0.4, 0.5) is 0 Å². The lowest BCUT2D eigenvalue weighted by Crippen LogP contribution is -2.47. The van der Waals surface area contributed by atoms with Gasteiger partial charge in [-0.15, -0.1) is 0 Å². The third-order valence-electron chi connectivity index (χ3n) is 6.45. The van der Waals surface area contributed by atoms with Crippen molar-refractivity contribution in [2.24, 2.45) is 5.92 Å². The summed E-state index contributed by atoms with van der Waals surface area (Å²) in [6.07, 6.45) is 4.99. The first kappa shape index (κ1) is 19.1. The highest BCUT2D eigenvalue weighted by molar-refractivity contribution is 5.85. The maximum atomic E-state index is 12.9. The van der Waals surface area contributed by atoms with Crippen molar-refractivity contribution in [2.45, 2.75) is 63.4 Å². The lowest BCUT2D eigenvalue weighted by molar-refractivity contribution is -0.149. The van der Waals surface area contributed by atoms with Gasteiger partial charge in [0.05, 0.1) is 5.41 Å². The molecule has 1 amide bonds. The molecule has 4 rings (SSSR count). The first-order chi connectivity index (χ1) is 13.4. The van der Waals surface area contributed by atoms with Gasteiger partial charge in [0.15, 0.2) is 5.82 Å². The minimum Gasteiger partial charge on any atom is -0.380 e. The first-order valence-corrected chi connectivity index (χ1v) is 10.3. The molecule has 1 aromatic carbocycles. The standard InChI is InChI=1S/C22H29N3O3/c1-3-11-21(2,27)20(26)25-14-17-10-7-12-22(17,15-25)19-23-18(24-28-19)13-16-8-5-4-6-9-16/h4-6,8-9,17,27H,3,7,10-15H2,1-2H3/t17-,21+,22-/m1/s1. The van der Waals surface area contributed by atoms with Crippen LogP contribution < -0.4 is 0 Å². The summed E-state index contributed by atoms with van der Waals surface area (Å²) in [5.41, 5.74) is -0.420. The average molecular weight is 383 g/mol. The van der Waals surface area contributed by atoms with Gasteiger partial charge in [-0.1, -0.05) is 55.3 Å². The molecular formula is C22H29N3O3. The summed E-state index contributed by atoms with van der Waals surface area (Å²) in [6, 6.07) is 10.1. The first-order valence-electron chi connectivity index (χ1n) is 10.3. The molecule has 1 aliphatic heterocycles. The largest absolute Gasteiger partial charge is 0.380 e. The Labute approximate surface area is 165 Å². The molecule has 0 radical (unpaired) electrons. The number of hydrogen-bond donors (Lipinski definition) is 1. The van der Waals surface area contributed by atoms with E-state index >= 15 is 0 Å². The summed E-state index contributed by atoms with van der Waals surface area (Å²) >= 11 is 0. The summed E-state index contributed by atoms with van der Waals surface area (Å²) in [7, 11) is 0. The van der Waals surface area contributed by atoms with Crippen molar-refractivity contribution in [1.82, 2.24) is 15.0 Å². The van der Waals surface area contributed by atoms with Crippen molar-refractivity contribution in [3.8, 4) is 0 Å². The fraction of sp³-hybridized carbons (Fsp3) is 0.591. The monoisotopic (exact) mass is 383 g/mol. The van der Waals surface area contributed by atoms with Crippen LogP contribution >= 0.6 is 0 Å². The summed E-state index contributed by atoms with van der Waals surface area (Å²) in [6.45, 7) is 4.83. The number of nitrogens with zero attached hydrogens (tertiary/aromatic N) is 3. The van der Waals surface area contributed by atoms with E-state index in [-0.39, 0.29) is 11.3 Å². The molecule has 0 spiro atoms. The maximum absolute atomic E-state index is 12.9. The van der Waals surface area contributed by atoms with Crippen molar-refractivity contribution >= 4 is 5.91 Å². The number of aromatic nitrogens is 2. The van der Waals surface area contributed by atoms with E-state index < -0.39 is 5.60 Å². The van der Waals surface area contributed by atoms with Gasteiger partial charge < -0.3 is 14.5 Å². The third-order valence-corrected chi connectivity index (χ3v) is 6.45. The summed E-state index contributed by atoms with van der Waals surface area (Å²) in [5.74, 6) is 1.49. The Kier molecular flexibility index (Phi) is 5.00. The number of likely N-dealkylation sites (tertiary alicyclic amines) is 1. The smallest absolute Gasteiger partial charge is 0.254 e. The van der Waals surface area contributed by atoms with Gasteiger partial charge in [0.2, 0.25) is 5.89 Å². The summed E-state index contributed by atoms with van der Waals surface area (Å²) < 4.78 is 5.73. The van der Waals surface area contributed by atoms with Crippen LogP contribution in [0.2, 0.25) is 0 Å². The van der Waals surface area contributed by atoms with E-state index in [1.54, 1.807) is 6.92 Å². The predicted molar refractivity (Wildman–Crippen MR) is 105 cm³/mol. The molecule has 1 aliphatic carbocycles. The maximum Gasteiger partial charge on any atom is 0.254 e. The molecule has 2 heterocycles. The van der Waals surface area contributed by atoms with Crippen molar-refractivity contribution in [3.63, 3.8) is 0 Å². The number of carbonyl (C=O) groups excluding carboxylic acids is 1. The van der Waals surface area contributed by atoms with Crippen molar-refractivity contribution in [1.29, 1.82) is 0 Å². The molecule has 28 heavy (non-hydrogen) atoms. The predicted octanol–water partition coefficient (Wildman–Crippen LogP) is 3.09. The molecule has 1 aromatic heterocycles. The fourth-order valence-corrected chi connectivity index (χ4v) is 5.03. The molecule has 6 heteroatoms. The van der Waals surface area contributed by atoms with E-state index in [4.69, 9.17) is 9.51 Å². The Balaban J connectivity index is 1.54. The number of benzene rings is 1. The molecule has 3 atom stereocenters. The van der Waals surface area contributed by atoms with Crippen LogP contribution in [0.25, 0.3) is 0 Å². The van der Waals surface area contributed by atoms with E-state index in [1.165, 1.54) is 0 Å². The zero-order valence-corrected chi connectivity index (χ0v) is 16.7. The number of fused-ring (bicyclic) bond motifs is 1. The van der Waals surface area contributed by atoms with Gasteiger partial charge in [-0.3, -0.25) is 4.79 Å². The molecule has 6 nitrogen and oxygen atoms in total. The molecule has 1 saturated heterocycles. The van der Waals surface area contributed by atoms with E-state index in [2.05, 4.69) is 17.3 Å². The number of amides is 1. The van der Waals surface area contributed by atoms with Crippen molar-refractivity contribution < 1.29 is 14.4 Å². The van der Waals surface area contributed by atoms with Crippen molar-refractivity contribution in [2.75, 3.05) is 13.1 Å². The van der Waals surface area contributed by atoms with Gasteiger partial charge in [0.25, 0.3) is 5.91 Å². The van der Waals surface area contributed by atoms with Crippen LogP contribution in [0.3, 0.4) is 0 Å². The van der Waals surface area contributed by atoms with Gasteiger partial charge in [-0.25, -0.2) is 0 Å². The minimum atomic E-state index is -1.30. The molecule has 150 valence electrons. The fourth-order valence-electron chi connectivity index (χ4n) is 5.03. The van der Waals surface area contributed by atoms with Crippen molar-refractivity contribution in [3.05, 3.63) is 47.6 Å². The van der Waals surface area contributed by atoms with E-state index in [0.29, 0.717) is 43.6 Å². The molecule has 2 aliphatic rings. The third kappa shape index (κ3) is 3.34. The molecule has 1 saturated carbocycles. The van der Waals surface area contributed by atoms with Gasteiger partial charge in [0, 0.05) is 19.5 Å². The van der Waals surface area contributed by atoms with Gasteiger partial charge in [-0.2, -0.15) is 4.98 Å². The van der Waals surface area contributed by atoms with E-state index in [1.807, 2.05) is 30.0 Å². The average Bonchev–Trinajstić information content (AvgIpc) is 3.36. The second-order valence-electron chi connectivity index (χ2n) is 8.63. The van der Waals surface area contributed by atoms with Crippen LogP contribution in [0.15, 0.2) is 34.9 Å². The number of rotatable bonds is 6. The van der Waals surface area contributed by atoms with Gasteiger partial charge in [0.1, 0.15) is 5.60 Å². The highest BCUT2D eigenvalue weighted by Gasteiger charge is 2.56. The highest BCUT2D eigenvalue weighted by Crippen LogP contribution is 2.50. The van der Waals surface area contributed by atoms with Gasteiger partial charge >= 0.3 is 0 Å². The zero-order chi connectivity index (χ0) is 19.8. The van der Waals surface area contributed by atoms with E-state index in [0.717, 1.165) is 31.2 Å². The molecule has 1 N–H and O–H groups in total. The Morgan fingerprint density at radius 2 is 2.18 bits per heavy atom. The Morgan fingerprint density at radius 1 is 1.39 bits per heavy atom. The van der Waals surface area contributed by atoms with Crippen LogP contribution in [0.1, 0.15) is 63.2 Å². The molecular weight excluding hydrogens is 354 g/mol. The number of carbonyl (C=O) groups is 1. The Hall–Kier alpha value is -2.21. The second kappa shape index (κ2) is 7.32. The van der Waals surface area contributed by atoms with Crippen LogP contribution in [-0.4, -0.2) is 44.7 Å². The van der Waals surface area contributed by atoms with Crippen LogP contribution in [-0.2, 0) is 16.6 Å². The molecule has 2 aromatic rings. The SMILES string of the molecule is CCC[C@](C)(O)C(=O)N1C[C@H]2CCC[C@@]2(c2nc(Cc3ccccc3)no2)C1. The Morgan fingerprint density at radius 3 is 2.93 bits per heavy atom. The lowest BCUT2D eigenvalue weighted by atomic mass is 9.80. The summed E-state index contributed by atoms with van der Waals surface area (Å²) in [5, 5.41) is 14.8. The number of aliphatic hydroxyl groups is 1. The lowest BCUT2D eigenvalue weighted by Gasteiger charge is -2.29. The minimum absolute atomic E-state index is 0.174. The topological polar surface area (TPSA) is 79.5 Å². The van der Waals surface area contributed by atoms with Gasteiger partial charge in [-0.05, 0) is 37.7 Å². The summed E-state index contributed by atoms with van der Waals surface area (Å²) in [4.78, 5) is 19.5.